The van der Waals surface area contributed by atoms with E-state index in [1.807, 2.05) is 11.9 Å². The topological polar surface area (TPSA) is 62.8 Å². The maximum atomic E-state index is 11.5. The summed E-state index contributed by atoms with van der Waals surface area (Å²) in [6.45, 7) is 4.79. The quantitative estimate of drug-likeness (QED) is 0.544. The van der Waals surface area contributed by atoms with Gasteiger partial charge in [0.25, 0.3) is 0 Å². The zero-order valence-electron chi connectivity index (χ0n) is 10.7. The van der Waals surface area contributed by atoms with Gasteiger partial charge in [0.1, 0.15) is 0 Å². The molecule has 1 atom stereocenters. The second-order valence-electron chi connectivity index (χ2n) is 4.24. The van der Waals surface area contributed by atoms with Crippen LogP contribution in [0.4, 0.5) is 0 Å². The lowest BCUT2D eigenvalue weighted by molar-refractivity contribution is -0.122. The van der Waals surface area contributed by atoms with E-state index in [1.54, 1.807) is 7.11 Å². The lowest BCUT2D eigenvalue weighted by Crippen LogP contribution is -2.46. The predicted molar refractivity (Wildman–Crippen MR) is 65.0 cm³/mol. The van der Waals surface area contributed by atoms with Crippen molar-refractivity contribution in [3.8, 4) is 0 Å². The average Bonchev–Trinajstić information content (AvgIpc) is 2.30. The molecule has 17 heavy (non-hydrogen) atoms. The van der Waals surface area contributed by atoms with Crippen molar-refractivity contribution >= 4 is 5.91 Å². The Morgan fingerprint density at radius 1 is 1.65 bits per heavy atom. The van der Waals surface area contributed by atoms with E-state index in [4.69, 9.17) is 9.47 Å². The Hall–Kier alpha value is -0.690. The van der Waals surface area contributed by atoms with Gasteiger partial charge in [-0.3, -0.25) is 9.69 Å². The lowest BCUT2D eigenvalue weighted by atomic mass is 10.3. The Balaban J connectivity index is 2.10. The number of ether oxygens (including phenoxy) is 2. The number of methoxy groups -OCH3 is 1. The molecule has 6 nitrogen and oxygen atoms in total. The molecule has 0 spiro atoms. The molecular weight excluding hydrogens is 222 g/mol. The van der Waals surface area contributed by atoms with Crippen molar-refractivity contribution in [3.63, 3.8) is 0 Å². The average molecular weight is 245 g/mol. The summed E-state index contributed by atoms with van der Waals surface area (Å²) in [5.41, 5.74) is 0. The van der Waals surface area contributed by atoms with E-state index in [9.17, 15) is 4.79 Å². The van der Waals surface area contributed by atoms with Crippen molar-refractivity contribution in [2.45, 2.75) is 6.10 Å². The SMILES string of the molecule is COCCNC(=O)CN(C)CC1CNCCO1. The van der Waals surface area contributed by atoms with Crippen molar-refractivity contribution in [3.05, 3.63) is 0 Å². The predicted octanol–water partition coefficient (Wildman–Crippen LogP) is -1.33. The third-order valence-electron chi connectivity index (χ3n) is 2.56. The highest BCUT2D eigenvalue weighted by molar-refractivity contribution is 5.77. The minimum Gasteiger partial charge on any atom is -0.383 e. The molecule has 0 aliphatic carbocycles. The fourth-order valence-electron chi connectivity index (χ4n) is 1.74. The van der Waals surface area contributed by atoms with Crippen LogP contribution in [-0.2, 0) is 14.3 Å². The molecule has 0 aromatic rings. The summed E-state index contributed by atoms with van der Waals surface area (Å²) >= 11 is 0. The molecule has 0 aromatic carbocycles. The van der Waals surface area contributed by atoms with Gasteiger partial charge >= 0.3 is 0 Å². The van der Waals surface area contributed by atoms with Crippen molar-refractivity contribution in [2.24, 2.45) is 0 Å². The molecule has 1 unspecified atom stereocenters. The Morgan fingerprint density at radius 3 is 3.12 bits per heavy atom. The van der Waals surface area contributed by atoms with Gasteiger partial charge in [-0.25, -0.2) is 0 Å². The van der Waals surface area contributed by atoms with Crippen LogP contribution in [0.5, 0.6) is 0 Å². The van der Waals surface area contributed by atoms with Crippen LogP contribution in [0.25, 0.3) is 0 Å². The molecule has 1 saturated heterocycles. The maximum Gasteiger partial charge on any atom is 0.234 e. The molecule has 0 saturated carbocycles. The van der Waals surface area contributed by atoms with Gasteiger partial charge in [-0.15, -0.1) is 0 Å². The van der Waals surface area contributed by atoms with E-state index >= 15 is 0 Å². The van der Waals surface area contributed by atoms with E-state index in [2.05, 4.69) is 10.6 Å². The van der Waals surface area contributed by atoms with Crippen LogP contribution in [0.3, 0.4) is 0 Å². The number of rotatable bonds is 7. The highest BCUT2D eigenvalue weighted by Crippen LogP contribution is 1.98. The van der Waals surface area contributed by atoms with Gasteiger partial charge in [-0.05, 0) is 7.05 Å². The summed E-state index contributed by atoms with van der Waals surface area (Å²) in [6, 6.07) is 0. The van der Waals surface area contributed by atoms with Crippen LogP contribution < -0.4 is 10.6 Å². The summed E-state index contributed by atoms with van der Waals surface area (Å²) in [7, 11) is 3.54. The van der Waals surface area contributed by atoms with Gasteiger partial charge in [0, 0.05) is 33.3 Å². The summed E-state index contributed by atoms with van der Waals surface area (Å²) in [4.78, 5) is 13.5. The van der Waals surface area contributed by atoms with Crippen molar-refractivity contribution < 1.29 is 14.3 Å². The van der Waals surface area contributed by atoms with Gasteiger partial charge < -0.3 is 20.1 Å². The molecule has 1 aliphatic rings. The van der Waals surface area contributed by atoms with Crippen LogP contribution in [0.15, 0.2) is 0 Å². The maximum absolute atomic E-state index is 11.5. The Labute approximate surface area is 103 Å². The molecule has 1 fully saturated rings. The number of hydrogen-bond acceptors (Lipinski definition) is 5. The molecule has 1 amide bonds. The summed E-state index contributed by atoms with van der Waals surface area (Å²) in [5.74, 6) is 0.0216. The van der Waals surface area contributed by atoms with Gasteiger partial charge in [0.2, 0.25) is 5.91 Å². The lowest BCUT2D eigenvalue weighted by Gasteiger charge is -2.27. The first-order chi connectivity index (χ1) is 8.22. The van der Waals surface area contributed by atoms with Gasteiger partial charge in [0.05, 0.1) is 25.9 Å². The van der Waals surface area contributed by atoms with Gasteiger partial charge in [-0.2, -0.15) is 0 Å². The fraction of sp³-hybridized carbons (Fsp3) is 0.909. The third kappa shape index (κ3) is 6.58. The van der Waals surface area contributed by atoms with Gasteiger partial charge in [0.15, 0.2) is 0 Å². The standard InChI is InChI=1S/C11H23N3O3/c1-14(8-10-7-12-3-6-17-10)9-11(15)13-4-5-16-2/h10,12H,3-9H2,1-2H3,(H,13,15). The first-order valence-corrected chi connectivity index (χ1v) is 5.99. The van der Waals surface area contributed by atoms with Crippen LogP contribution in [0, 0.1) is 0 Å². The normalized spacial score (nSPS) is 20.5. The number of carbonyl (C=O) groups excluding carboxylic acids is 1. The molecule has 2 N–H and O–H groups in total. The molecule has 0 aromatic heterocycles. The Bertz CT molecular complexity index is 220. The number of nitrogens with one attached hydrogen (secondary N) is 2. The number of amides is 1. The van der Waals surface area contributed by atoms with Crippen molar-refractivity contribution in [1.82, 2.24) is 15.5 Å². The Morgan fingerprint density at radius 2 is 2.47 bits per heavy atom. The minimum absolute atomic E-state index is 0.0216. The number of likely N-dealkylation sites (N-methyl/N-ethyl adjacent to an activating group) is 1. The monoisotopic (exact) mass is 245 g/mol. The largest absolute Gasteiger partial charge is 0.383 e. The first kappa shape index (κ1) is 14.4. The smallest absolute Gasteiger partial charge is 0.234 e. The Kier molecular flexibility index (Phi) is 7.11. The highest BCUT2D eigenvalue weighted by Gasteiger charge is 2.16. The van der Waals surface area contributed by atoms with Crippen LogP contribution >= 0.6 is 0 Å². The molecular formula is C11H23N3O3. The zero-order valence-corrected chi connectivity index (χ0v) is 10.7. The zero-order chi connectivity index (χ0) is 12.5. The molecule has 0 bridgehead atoms. The number of morpholine rings is 1. The number of carbonyl (C=O) groups is 1. The van der Waals surface area contributed by atoms with Crippen molar-refractivity contribution in [1.29, 1.82) is 0 Å². The number of nitrogens with zero attached hydrogens (tertiary/aromatic N) is 1. The van der Waals surface area contributed by atoms with Crippen molar-refractivity contribution in [2.75, 3.05) is 60.1 Å². The van der Waals surface area contributed by atoms with E-state index in [1.165, 1.54) is 0 Å². The molecule has 1 rings (SSSR count). The fourth-order valence-corrected chi connectivity index (χ4v) is 1.74. The van der Waals surface area contributed by atoms with E-state index in [0.29, 0.717) is 19.7 Å². The van der Waals surface area contributed by atoms with Crippen LogP contribution in [-0.4, -0.2) is 77.0 Å². The molecule has 100 valence electrons. The van der Waals surface area contributed by atoms with Crippen LogP contribution in [0.2, 0.25) is 0 Å². The third-order valence-corrected chi connectivity index (χ3v) is 2.56. The summed E-state index contributed by atoms with van der Waals surface area (Å²) in [6.07, 6.45) is 0.181. The van der Waals surface area contributed by atoms with E-state index in [-0.39, 0.29) is 12.0 Å². The van der Waals surface area contributed by atoms with E-state index < -0.39 is 0 Å². The second-order valence-corrected chi connectivity index (χ2v) is 4.24. The van der Waals surface area contributed by atoms with Gasteiger partial charge in [-0.1, -0.05) is 0 Å². The van der Waals surface area contributed by atoms with Crippen LogP contribution in [0.1, 0.15) is 0 Å². The molecule has 6 heteroatoms. The first-order valence-electron chi connectivity index (χ1n) is 5.99. The second kappa shape index (κ2) is 8.41. The minimum atomic E-state index is 0.0216. The number of hydrogen-bond donors (Lipinski definition) is 2. The molecule has 1 aliphatic heterocycles. The van der Waals surface area contributed by atoms with E-state index in [0.717, 1.165) is 26.2 Å². The highest BCUT2D eigenvalue weighted by atomic mass is 16.5. The molecule has 1 heterocycles. The molecule has 0 radical (unpaired) electrons. The summed E-state index contributed by atoms with van der Waals surface area (Å²) < 4.78 is 10.4. The summed E-state index contributed by atoms with van der Waals surface area (Å²) in [5, 5.41) is 6.06.